The van der Waals surface area contributed by atoms with Crippen molar-refractivity contribution in [1.29, 1.82) is 0 Å². The molecule has 1 atom stereocenters. The van der Waals surface area contributed by atoms with Crippen molar-refractivity contribution in [3.63, 3.8) is 0 Å². The van der Waals surface area contributed by atoms with E-state index in [1.54, 1.807) is 0 Å². The van der Waals surface area contributed by atoms with Crippen LogP contribution in [-0.4, -0.2) is 44.3 Å². The Balaban J connectivity index is 2.29. The summed E-state index contributed by atoms with van der Waals surface area (Å²) in [5.41, 5.74) is 5.33. The highest BCUT2D eigenvalue weighted by Gasteiger charge is 2.41. The number of nitrogens with two attached hydrogens (primary N) is 1. The summed E-state index contributed by atoms with van der Waals surface area (Å²) in [6.07, 6.45) is -4.63. The summed E-state index contributed by atoms with van der Waals surface area (Å²) in [6.45, 7) is 0.736. The average molecular weight is 343 g/mol. The number of fused-ring (bicyclic) bond motifs is 1. The van der Waals surface area contributed by atoms with Crippen LogP contribution in [0.1, 0.15) is 18.6 Å². The van der Waals surface area contributed by atoms with Gasteiger partial charge in [-0.2, -0.15) is 17.5 Å². The van der Waals surface area contributed by atoms with Crippen LogP contribution in [-0.2, 0) is 29.3 Å². The van der Waals surface area contributed by atoms with E-state index in [1.807, 2.05) is 0 Å². The molecule has 7 nitrogen and oxygen atoms in total. The van der Waals surface area contributed by atoms with Crippen molar-refractivity contribution in [2.75, 3.05) is 6.54 Å². The van der Waals surface area contributed by atoms with Gasteiger partial charge in [0.05, 0.1) is 11.5 Å². The average Bonchev–Trinajstić information content (AvgIpc) is 2.80. The zero-order valence-corrected chi connectivity index (χ0v) is 12.5. The first kappa shape index (κ1) is 16.1. The van der Waals surface area contributed by atoms with Crippen LogP contribution >= 0.6 is 12.2 Å². The van der Waals surface area contributed by atoms with Gasteiger partial charge >= 0.3 is 6.18 Å². The molecule has 0 fully saturated rings. The van der Waals surface area contributed by atoms with Crippen molar-refractivity contribution in [1.82, 2.24) is 19.1 Å². The largest absolute Gasteiger partial charge is 0.451 e. The first-order valence-corrected chi connectivity index (χ1v) is 7.74. The quantitative estimate of drug-likeness (QED) is 0.784. The van der Waals surface area contributed by atoms with Gasteiger partial charge in [-0.25, -0.2) is 8.42 Å². The number of alkyl halides is 3. The summed E-state index contributed by atoms with van der Waals surface area (Å²) in [4.78, 5) is -0.196. The van der Waals surface area contributed by atoms with Gasteiger partial charge in [0.15, 0.2) is 0 Å². The second kappa shape index (κ2) is 5.18. The molecule has 12 heteroatoms. The van der Waals surface area contributed by atoms with Crippen LogP contribution in [0.25, 0.3) is 0 Å². The molecule has 1 aromatic rings. The fourth-order valence-electron chi connectivity index (χ4n) is 1.93. The second-order valence-electron chi connectivity index (χ2n) is 4.51. The Hall–Kier alpha value is -1.27. The molecule has 0 saturated heterocycles. The Morgan fingerprint density at radius 2 is 2.00 bits per heavy atom. The third-order valence-corrected chi connectivity index (χ3v) is 5.86. The van der Waals surface area contributed by atoms with E-state index >= 15 is 0 Å². The molecular weight excluding hydrogens is 331 g/mol. The highest BCUT2D eigenvalue weighted by molar-refractivity contribution is 7.92. The zero-order chi connectivity index (χ0) is 16.0. The first-order valence-electron chi connectivity index (χ1n) is 5.82. The van der Waals surface area contributed by atoms with Crippen molar-refractivity contribution in [2.24, 2.45) is 5.73 Å². The normalized spacial score (nSPS) is 18.3. The summed E-state index contributed by atoms with van der Waals surface area (Å²) in [7, 11) is -3.83. The van der Waals surface area contributed by atoms with Gasteiger partial charge in [0.2, 0.25) is 15.8 Å². The van der Waals surface area contributed by atoms with Crippen LogP contribution < -0.4 is 5.73 Å². The zero-order valence-electron chi connectivity index (χ0n) is 10.8. The molecule has 0 radical (unpaired) electrons. The van der Waals surface area contributed by atoms with Crippen molar-refractivity contribution >= 4 is 27.2 Å². The summed E-state index contributed by atoms with van der Waals surface area (Å²) in [5, 5.41) is 5.40. The molecule has 118 valence electrons. The van der Waals surface area contributed by atoms with Crippen molar-refractivity contribution in [2.45, 2.75) is 31.4 Å². The minimum absolute atomic E-state index is 0.0627. The van der Waals surface area contributed by atoms with Gasteiger partial charge < -0.3 is 10.3 Å². The molecule has 0 aromatic carbocycles. The molecule has 1 aliphatic rings. The lowest BCUT2D eigenvalue weighted by atomic mass is 10.4. The minimum Gasteiger partial charge on any atom is -0.392 e. The SMILES string of the molecule is CC(C(N)=S)S(=O)(=O)N1CCn2c(nnc2C(F)(F)F)C1. The number of rotatable bonds is 3. The van der Waals surface area contributed by atoms with Crippen molar-refractivity contribution < 1.29 is 21.6 Å². The molecule has 21 heavy (non-hydrogen) atoms. The minimum atomic E-state index is -4.63. The molecule has 0 amide bonds. The van der Waals surface area contributed by atoms with Crippen LogP contribution in [0.5, 0.6) is 0 Å². The molecule has 1 aromatic heterocycles. The topological polar surface area (TPSA) is 94.1 Å². The van der Waals surface area contributed by atoms with Crippen LogP contribution in [0.3, 0.4) is 0 Å². The predicted octanol–water partition coefficient (Wildman–Crippen LogP) is 0.117. The van der Waals surface area contributed by atoms with E-state index in [9.17, 15) is 21.6 Å². The van der Waals surface area contributed by atoms with Gasteiger partial charge in [-0.3, -0.25) is 0 Å². The highest BCUT2D eigenvalue weighted by Crippen LogP contribution is 2.30. The number of hydrogen-bond donors (Lipinski definition) is 1. The summed E-state index contributed by atoms with van der Waals surface area (Å²) < 4.78 is 64.4. The molecule has 0 spiro atoms. The van der Waals surface area contributed by atoms with Crippen LogP contribution in [0.2, 0.25) is 0 Å². The van der Waals surface area contributed by atoms with Crippen LogP contribution in [0.15, 0.2) is 0 Å². The summed E-state index contributed by atoms with van der Waals surface area (Å²) >= 11 is 4.66. The van der Waals surface area contributed by atoms with Gasteiger partial charge in [0.25, 0.3) is 0 Å². The molecule has 1 unspecified atom stereocenters. The highest BCUT2D eigenvalue weighted by atomic mass is 32.2. The third-order valence-electron chi connectivity index (χ3n) is 3.18. The maximum Gasteiger partial charge on any atom is 0.451 e. The smallest absolute Gasteiger partial charge is 0.392 e. The summed E-state index contributed by atoms with van der Waals surface area (Å²) in [5.74, 6) is -1.19. The molecule has 0 saturated carbocycles. The standard InChI is InChI=1S/C9H12F3N5O2S2/c1-5(7(13)20)21(18,19)16-2-3-17-6(4-16)14-15-8(17)9(10,11)12/h5H,2-4H2,1H3,(H2,13,20). The van der Waals surface area contributed by atoms with E-state index in [0.29, 0.717) is 0 Å². The number of nitrogens with zero attached hydrogens (tertiary/aromatic N) is 4. The van der Waals surface area contributed by atoms with Gasteiger partial charge in [0, 0.05) is 13.1 Å². The number of hydrogen-bond acceptors (Lipinski definition) is 5. The van der Waals surface area contributed by atoms with Gasteiger partial charge in [-0.15, -0.1) is 10.2 Å². The Labute approximate surface area is 124 Å². The van der Waals surface area contributed by atoms with E-state index in [1.165, 1.54) is 6.92 Å². The van der Waals surface area contributed by atoms with E-state index in [-0.39, 0.29) is 30.4 Å². The lowest BCUT2D eigenvalue weighted by Crippen LogP contribution is -2.46. The van der Waals surface area contributed by atoms with Crippen LogP contribution in [0, 0.1) is 0 Å². The van der Waals surface area contributed by atoms with Crippen molar-refractivity contribution in [3.05, 3.63) is 11.6 Å². The fourth-order valence-corrected chi connectivity index (χ4v) is 3.67. The van der Waals surface area contributed by atoms with Gasteiger partial charge in [0.1, 0.15) is 11.1 Å². The molecule has 2 N–H and O–H groups in total. The maximum atomic E-state index is 12.7. The van der Waals surface area contributed by atoms with E-state index < -0.39 is 27.3 Å². The maximum absolute atomic E-state index is 12.7. The molecule has 2 heterocycles. The first-order chi connectivity index (χ1) is 9.55. The second-order valence-corrected chi connectivity index (χ2v) is 7.24. The lowest BCUT2D eigenvalue weighted by Gasteiger charge is -2.29. The monoisotopic (exact) mass is 343 g/mol. The third kappa shape index (κ3) is 2.87. The molecule has 0 bridgehead atoms. The predicted molar refractivity (Wildman–Crippen MR) is 70.6 cm³/mol. The number of aromatic nitrogens is 3. The lowest BCUT2D eigenvalue weighted by molar-refractivity contribution is -0.147. The molecular formula is C9H12F3N5O2S2. The van der Waals surface area contributed by atoms with E-state index in [2.05, 4.69) is 22.4 Å². The Morgan fingerprint density at radius 3 is 2.52 bits per heavy atom. The number of halogens is 3. The Bertz CT molecular complexity index is 669. The molecule has 1 aliphatic heterocycles. The Kier molecular flexibility index (Phi) is 3.97. The van der Waals surface area contributed by atoms with Crippen molar-refractivity contribution in [3.8, 4) is 0 Å². The number of thiocarbonyl (C=S) groups is 1. The molecule has 0 aliphatic carbocycles. The molecule has 2 rings (SSSR count). The van der Waals surface area contributed by atoms with Crippen LogP contribution in [0.4, 0.5) is 13.2 Å². The van der Waals surface area contributed by atoms with E-state index in [0.717, 1.165) is 8.87 Å². The Morgan fingerprint density at radius 1 is 1.38 bits per heavy atom. The van der Waals surface area contributed by atoms with Gasteiger partial charge in [-0.05, 0) is 6.92 Å². The summed E-state index contributed by atoms with van der Waals surface area (Å²) in [6, 6.07) is 0. The number of sulfonamides is 1. The van der Waals surface area contributed by atoms with Gasteiger partial charge in [-0.1, -0.05) is 12.2 Å². The van der Waals surface area contributed by atoms with E-state index in [4.69, 9.17) is 5.73 Å². The fraction of sp³-hybridized carbons (Fsp3) is 0.667.